The molecule has 0 saturated carbocycles. The number of primary amides is 1. The molecular weight excluding hydrogens is 173 g/mol. The Balaban J connectivity index is 0. The normalized spacial score (nSPS) is 6.25. The van der Waals surface area contributed by atoms with Crippen molar-refractivity contribution in [3.05, 3.63) is 0 Å². The average Bonchev–Trinajstić information content (AvgIpc) is 1.25. The number of hydrogen-bond donors (Lipinski definition) is 2. The summed E-state index contributed by atoms with van der Waals surface area (Å²) in [5, 5.41) is 7.19. The number of halogens is 2. The maximum atomic E-state index is 8.78. The van der Waals surface area contributed by atoms with Gasteiger partial charge in [0, 0.05) is 0 Å². The van der Waals surface area contributed by atoms with E-state index in [0.717, 1.165) is 0 Å². The summed E-state index contributed by atoms with van der Waals surface area (Å²) in [5.41, 5.74) is 4.03. The lowest BCUT2D eigenvalue weighted by molar-refractivity contribution is 0.205. The second kappa shape index (κ2) is 6.94. The highest BCUT2D eigenvalue weighted by molar-refractivity contribution is 7.86. The largest absolute Gasteiger partial charge is 0.465 e. The lowest BCUT2D eigenvalue weighted by Gasteiger charge is -1.61. The molecule has 48 valence electrons. The molecular formula is C2H3Cl2NO2S. The molecule has 3 nitrogen and oxygen atoms in total. The van der Waals surface area contributed by atoms with Gasteiger partial charge in [-0.1, -0.05) is 35.4 Å². The van der Waals surface area contributed by atoms with Crippen LogP contribution in [0.4, 0.5) is 4.79 Å². The van der Waals surface area contributed by atoms with Gasteiger partial charge in [-0.2, -0.15) is 0 Å². The molecule has 0 atom stereocenters. The van der Waals surface area contributed by atoms with Crippen LogP contribution in [0.15, 0.2) is 0 Å². The number of amides is 1. The summed E-state index contributed by atoms with van der Waals surface area (Å²) in [6.07, 6.45) is -1.33. The van der Waals surface area contributed by atoms with E-state index in [1.54, 1.807) is 0 Å². The van der Waals surface area contributed by atoms with Crippen LogP contribution in [0.3, 0.4) is 0 Å². The first kappa shape index (κ1) is 10.8. The monoisotopic (exact) mass is 175 g/mol. The standard InChI is InChI=1S/CCl2S.CH3NO2/c2*2-1(3)4/h;2H2,(H,3,4). The highest BCUT2D eigenvalue weighted by Gasteiger charge is 1.65. The number of hydrogen-bond acceptors (Lipinski definition) is 2. The molecule has 0 unspecified atom stereocenters. The third-order valence-corrected chi connectivity index (χ3v) is 0. The Morgan fingerprint density at radius 2 is 1.62 bits per heavy atom. The minimum Gasteiger partial charge on any atom is -0.465 e. The summed E-state index contributed by atoms with van der Waals surface area (Å²) in [6.45, 7) is 0. The molecule has 0 bridgehead atoms. The lowest BCUT2D eigenvalue weighted by Crippen LogP contribution is -2.03. The maximum absolute atomic E-state index is 8.78. The summed E-state index contributed by atoms with van der Waals surface area (Å²) < 4.78 is -0.0556. The van der Waals surface area contributed by atoms with Gasteiger partial charge in [-0.15, -0.1) is 0 Å². The van der Waals surface area contributed by atoms with E-state index in [-0.39, 0.29) is 3.78 Å². The fourth-order valence-electron chi connectivity index (χ4n) is 0. The molecule has 0 radical (unpaired) electrons. The molecule has 0 aromatic heterocycles. The molecule has 0 aromatic carbocycles. The van der Waals surface area contributed by atoms with Crippen LogP contribution in [-0.4, -0.2) is 15.0 Å². The van der Waals surface area contributed by atoms with Gasteiger partial charge in [0.2, 0.25) is 0 Å². The van der Waals surface area contributed by atoms with Crippen molar-refractivity contribution >= 4 is 45.3 Å². The molecule has 0 aliphatic carbocycles. The van der Waals surface area contributed by atoms with Crippen molar-refractivity contribution in [3.8, 4) is 0 Å². The molecule has 0 saturated heterocycles. The molecule has 0 aliphatic heterocycles. The fourth-order valence-corrected chi connectivity index (χ4v) is 0. The van der Waals surface area contributed by atoms with E-state index in [1.165, 1.54) is 0 Å². The van der Waals surface area contributed by atoms with Gasteiger partial charge in [-0.05, 0) is 0 Å². The van der Waals surface area contributed by atoms with Gasteiger partial charge in [0.05, 0.1) is 0 Å². The first-order chi connectivity index (χ1) is 3.46. The van der Waals surface area contributed by atoms with Crippen molar-refractivity contribution < 1.29 is 9.90 Å². The van der Waals surface area contributed by atoms with E-state index in [2.05, 4.69) is 18.0 Å². The third-order valence-electron chi connectivity index (χ3n) is 0. The predicted octanol–water partition coefficient (Wildman–Crippen LogP) is 1.37. The van der Waals surface area contributed by atoms with E-state index in [9.17, 15) is 0 Å². The van der Waals surface area contributed by atoms with Crippen molar-refractivity contribution in [2.24, 2.45) is 5.73 Å². The Bertz CT molecular complexity index is 76.0. The molecule has 0 fully saturated rings. The van der Waals surface area contributed by atoms with E-state index in [0.29, 0.717) is 0 Å². The van der Waals surface area contributed by atoms with Gasteiger partial charge in [-0.3, -0.25) is 0 Å². The van der Waals surface area contributed by atoms with Crippen LogP contribution in [0.2, 0.25) is 0 Å². The number of nitrogens with two attached hydrogens (primary N) is 1. The minimum atomic E-state index is -1.33. The second-order valence-electron chi connectivity index (χ2n) is 0.564. The Morgan fingerprint density at radius 1 is 1.62 bits per heavy atom. The summed E-state index contributed by atoms with van der Waals surface area (Å²) in [7, 11) is 0. The quantitative estimate of drug-likeness (QED) is 0.432. The fraction of sp³-hybridized carbons (Fsp3) is 0. The average molecular weight is 176 g/mol. The summed E-state index contributed by atoms with van der Waals surface area (Å²) in [4.78, 5) is 8.78. The van der Waals surface area contributed by atoms with Gasteiger partial charge >= 0.3 is 6.09 Å². The van der Waals surface area contributed by atoms with Crippen LogP contribution in [0.5, 0.6) is 0 Å². The summed E-state index contributed by atoms with van der Waals surface area (Å²) >= 11 is 13.6. The Morgan fingerprint density at radius 3 is 1.62 bits per heavy atom. The van der Waals surface area contributed by atoms with Gasteiger partial charge in [0.15, 0.2) is 3.78 Å². The van der Waals surface area contributed by atoms with Crippen LogP contribution in [0.25, 0.3) is 0 Å². The zero-order chi connectivity index (χ0) is 7.15. The van der Waals surface area contributed by atoms with Crippen LogP contribution in [-0.2, 0) is 0 Å². The summed E-state index contributed by atoms with van der Waals surface area (Å²) in [5.74, 6) is 0. The number of thiocarbonyl (C=S) groups is 1. The lowest BCUT2D eigenvalue weighted by atomic mass is 11.3. The highest BCUT2D eigenvalue weighted by atomic mass is 35.5. The smallest absolute Gasteiger partial charge is 0.402 e. The molecule has 3 N–H and O–H groups in total. The molecule has 1 amide bonds. The van der Waals surface area contributed by atoms with E-state index >= 15 is 0 Å². The van der Waals surface area contributed by atoms with Crippen molar-refractivity contribution in [2.45, 2.75) is 0 Å². The van der Waals surface area contributed by atoms with Crippen LogP contribution in [0, 0.1) is 0 Å². The van der Waals surface area contributed by atoms with E-state index < -0.39 is 6.09 Å². The van der Waals surface area contributed by atoms with Gasteiger partial charge in [0.25, 0.3) is 0 Å². The molecule has 0 spiro atoms. The molecule has 0 aliphatic rings. The van der Waals surface area contributed by atoms with Crippen molar-refractivity contribution in [3.63, 3.8) is 0 Å². The van der Waals surface area contributed by atoms with Crippen LogP contribution >= 0.6 is 35.4 Å². The van der Waals surface area contributed by atoms with Gasteiger partial charge < -0.3 is 10.8 Å². The molecule has 0 heterocycles. The molecule has 0 aromatic rings. The van der Waals surface area contributed by atoms with Crippen molar-refractivity contribution in [2.75, 3.05) is 0 Å². The first-order valence-electron chi connectivity index (χ1n) is 1.30. The third kappa shape index (κ3) is 40300. The number of carboxylic acid groups (broad SMARTS) is 1. The highest BCUT2D eigenvalue weighted by Crippen LogP contribution is 1.86. The topological polar surface area (TPSA) is 63.3 Å². The second-order valence-corrected chi connectivity index (χ2v) is 2.37. The Kier molecular flexibility index (Phi) is 9.40. The SMILES string of the molecule is NC(=O)O.S=C(Cl)Cl. The summed E-state index contributed by atoms with van der Waals surface area (Å²) in [6, 6.07) is 0. The van der Waals surface area contributed by atoms with Crippen LogP contribution in [0.1, 0.15) is 0 Å². The maximum Gasteiger partial charge on any atom is 0.402 e. The predicted molar refractivity (Wildman–Crippen MR) is 36.5 cm³/mol. The molecule has 8 heavy (non-hydrogen) atoms. The Hall–Kier alpha value is -0.0600. The van der Waals surface area contributed by atoms with Crippen LogP contribution < -0.4 is 5.73 Å². The zero-order valence-electron chi connectivity index (χ0n) is 3.60. The van der Waals surface area contributed by atoms with Gasteiger partial charge in [-0.25, -0.2) is 4.79 Å². The van der Waals surface area contributed by atoms with Crippen molar-refractivity contribution in [1.82, 2.24) is 0 Å². The first-order valence-corrected chi connectivity index (χ1v) is 2.46. The molecule has 6 heteroatoms. The minimum absolute atomic E-state index is 0.0556. The van der Waals surface area contributed by atoms with E-state index in [1.807, 2.05) is 0 Å². The number of rotatable bonds is 0. The van der Waals surface area contributed by atoms with Crippen molar-refractivity contribution in [1.29, 1.82) is 0 Å². The van der Waals surface area contributed by atoms with Gasteiger partial charge in [0.1, 0.15) is 0 Å². The number of carbonyl (C=O) groups is 1. The van der Waals surface area contributed by atoms with E-state index in [4.69, 9.17) is 33.1 Å². The Labute approximate surface area is 61.4 Å². The zero-order valence-corrected chi connectivity index (χ0v) is 5.93. The molecule has 0 rings (SSSR count).